The van der Waals surface area contributed by atoms with Crippen LogP contribution in [0.3, 0.4) is 0 Å². The van der Waals surface area contributed by atoms with Crippen molar-refractivity contribution in [2.45, 2.75) is 13.1 Å². The number of nitrogens with zero attached hydrogens (tertiary/aromatic N) is 8. The Morgan fingerprint density at radius 2 is 1.00 bits per heavy atom. The summed E-state index contributed by atoms with van der Waals surface area (Å²) in [6.07, 6.45) is 3.79. The van der Waals surface area contributed by atoms with Gasteiger partial charge in [0.15, 0.2) is 0 Å². The Morgan fingerprint density at radius 1 is 0.590 bits per heavy atom. The minimum atomic E-state index is -0.225. The second-order valence-corrected chi connectivity index (χ2v) is 9.40. The van der Waals surface area contributed by atoms with Gasteiger partial charge in [-0.05, 0) is 0 Å². The Morgan fingerprint density at radius 3 is 1.44 bits per heavy atom. The van der Waals surface area contributed by atoms with Gasteiger partial charge in [-0.25, -0.2) is 0 Å². The summed E-state index contributed by atoms with van der Waals surface area (Å²) in [5, 5.41) is 17.2. The van der Waals surface area contributed by atoms with Crippen molar-refractivity contribution >= 4 is 26.0 Å². The third kappa shape index (κ3) is 8.95. The van der Waals surface area contributed by atoms with Gasteiger partial charge < -0.3 is 9.47 Å². The zero-order valence-corrected chi connectivity index (χ0v) is 23.9. The first kappa shape index (κ1) is 29.4. The number of hydrogen-bond acceptors (Lipinski definition) is 12. The Hall–Kier alpha value is -2.62. The number of rotatable bonds is 20. The zero-order chi connectivity index (χ0) is 27.1. The molecule has 0 fully saturated rings. The SMILES string of the molecule is COCCOCCOCCn1cc(-c2ccc(-c3cn(CCOCCOCCOC)nn3)c3n[se]nc23)nn1. The van der Waals surface area contributed by atoms with Crippen LogP contribution in [0.25, 0.3) is 33.5 Å². The molecule has 39 heavy (non-hydrogen) atoms. The molecule has 0 N–H and O–H groups in total. The molecule has 1 aromatic carbocycles. The molecule has 3 heterocycles. The number of benzene rings is 1. The first-order valence-electron chi connectivity index (χ1n) is 12.6. The number of ether oxygens (including phenoxy) is 6. The summed E-state index contributed by atoms with van der Waals surface area (Å²) >= 11 is -0.225. The van der Waals surface area contributed by atoms with Crippen LogP contribution in [0.4, 0.5) is 0 Å². The van der Waals surface area contributed by atoms with Crippen molar-refractivity contribution < 1.29 is 28.4 Å². The van der Waals surface area contributed by atoms with Crippen molar-refractivity contribution in [3.63, 3.8) is 0 Å². The molecule has 0 amide bonds. The summed E-state index contributed by atoms with van der Waals surface area (Å²) in [6, 6.07) is 3.98. The van der Waals surface area contributed by atoms with E-state index in [4.69, 9.17) is 28.4 Å². The Kier molecular flexibility index (Phi) is 12.4. The second-order valence-electron chi connectivity index (χ2n) is 8.29. The van der Waals surface area contributed by atoms with Crippen LogP contribution in [0.5, 0.6) is 0 Å². The molecule has 0 saturated carbocycles. The molecule has 0 atom stereocenters. The van der Waals surface area contributed by atoms with Gasteiger partial charge in [0.05, 0.1) is 26.4 Å². The molecule has 0 aliphatic rings. The fraction of sp³-hybridized carbons (Fsp3) is 0.583. The zero-order valence-electron chi connectivity index (χ0n) is 22.2. The van der Waals surface area contributed by atoms with Gasteiger partial charge in [-0.1, -0.05) is 0 Å². The molecule has 14 nitrogen and oxygen atoms in total. The van der Waals surface area contributed by atoms with Crippen LogP contribution in [0, 0.1) is 0 Å². The van der Waals surface area contributed by atoms with E-state index in [1.807, 2.05) is 24.5 Å². The van der Waals surface area contributed by atoms with Crippen molar-refractivity contribution in [1.29, 1.82) is 0 Å². The molecule has 4 aromatic rings. The predicted molar refractivity (Wildman–Crippen MR) is 142 cm³/mol. The monoisotopic (exact) mass is 610 g/mol. The van der Waals surface area contributed by atoms with Gasteiger partial charge in [-0.15, -0.1) is 0 Å². The number of methoxy groups -OCH3 is 2. The summed E-state index contributed by atoms with van der Waals surface area (Å²) < 4.78 is 44.7. The van der Waals surface area contributed by atoms with Gasteiger partial charge in [-0.3, -0.25) is 0 Å². The molecule has 0 saturated heterocycles. The van der Waals surface area contributed by atoms with Crippen molar-refractivity contribution in [3.8, 4) is 22.5 Å². The molecule has 3 aromatic heterocycles. The summed E-state index contributed by atoms with van der Waals surface area (Å²) in [5.41, 5.74) is 4.90. The van der Waals surface area contributed by atoms with Crippen LogP contribution in [0.15, 0.2) is 24.5 Å². The quantitative estimate of drug-likeness (QED) is 0.102. The third-order valence-electron chi connectivity index (χ3n) is 5.58. The molecule has 0 radical (unpaired) electrons. The maximum atomic E-state index is 5.61. The molecule has 4 rings (SSSR count). The maximum absolute atomic E-state index is 5.61. The Bertz CT molecular complexity index is 1160. The molecule has 0 bridgehead atoms. The van der Waals surface area contributed by atoms with Crippen molar-refractivity contribution in [2.24, 2.45) is 0 Å². The van der Waals surface area contributed by atoms with E-state index in [0.717, 1.165) is 33.5 Å². The Balaban J connectivity index is 1.29. The molecular formula is C24H34N8O6Se. The molecule has 0 aliphatic carbocycles. The molecule has 0 unspecified atom stereocenters. The predicted octanol–water partition coefficient (Wildman–Crippen LogP) is 0.563. The average Bonchev–Trinajstić information content (AvgIpc) is 3.73. The summed E-state index contributed by atoms with van der Waals surface area (Å²) in [4.78, 5) is 0. The van der Waals surface area contributed by atoms with E-state index in [9.17, 15) is 0 Å². The molecule has 0 aliphatic heterocycles. The first-order valence-corrected chi connectivity index (χ1v) is 14.2. The van der Waals surface area contributed by atoms with E-state index in [-0.39, 0.29) is 15.0 Å². The van der Waals surface area contributed by atoms with Crippen LogP contribution in [-0.2, 0) is 41.5 Å². The van der Waals surface area contributed by atoms with Crippen LogP contribution in [-0.4, -0.2) is 133 Å². The normalized spacial score (nSPS) is 11.6. The van der Waals surface area contributed by atoms with Crippen LogP contribution < -0.4 is 0 Å². The summed E-state index contributed by atoms with van der Waals surface area (Å²) in [5.74, 6) is 0. The van der Waals surface area contributed by atoms with E-state index in [1.165, 1.54) is 0 Å². The van der Waals surface area contributed by atoms with Crippen molar-refractivity contribution in [1.82, 2.24) is 37.9 Å². The van der Waals surface area contributed by atoms with Gasteiger partial charge in [0.1, 0.15) is 0 Å². The van der Waals surface area contributed by atoms with Crippen molar-refractivity contribution in [3.05, 3.63) is 24.5 Å². The van der Waals surface area contributed by atoms with Gasteiger partial charge in [0, 0.05) is 14.2 Å². The fourth-order valence-corrected chi connectivity index (χ4v) is 4.79. The van der Waals surface area contributed by atoms with Crippen LogP contribution in [0.1, 0.15) is 0 Å². The van der Waals surface area contributed by atoms with E-state index in [0.29, 0.717) is 79.2 Å². The van der Waals surface area contributed by atoms with E-state index < -0.39 is 0 Å². The van der Waals surface area contributed by atoms with Gasteiger partial charge >= 0.3 is 183 Å². The van der Waals surface area contributed by atoms with E-state index in [2.05, 4.69) is 28.6 Å². The van der Waals surface area contributed by atoms with E-state index in [1.54, 1.807) is 23.6 Å². The molecule has 0 spiro atoms. The number of hydrogen-bond donors (Lipinski definition) is 0. The minimum absolute atomic E-state index is 0.225. The fourth-order valence-electron chi connectivity index (χ4n) is 3.59. The van der Waals surface area contributed by atoms with Gasteiger partial charge in [0.2, 0.25) is 0 Å². The van der Waals surface area contributed by atoms with Crippen LogP contribution in [0.2, 0.25) is 0 Å². The molecule has 212 valence electrons. The van der Waals surface area contributed by atoms with Crippen LogP contribution >= 0.6 is 0 Å². The average molecular weight is 610 g/mol. The Labute approximate surface area is 232 Å². The van der Waals surface area contributed by atoms with Gasteiger partial charge in [-0.2, -0.15) is 0 Å². The summed E-state index contributed by atoms with van der Waals surface area (Å²) in [7, 11) is 3.30. The van der Waals surface area contributed by atoms with Gasteiger partial charge in [0.25, 0.3) is 0 Å². The molecular weight excluding hydrogens is 575 g/mol. The number of aromatic nitrogens is 8. The first-order chi connectivity index (χ1) is 19.3. The topological polar surface area (TPSA) is 143 Å². The van der Waals surface area contributed by atoms with Crippen molar-refractivity contribution in [2.75, 3.05) is 80.3 Å². The number of fused-ring (bicyclic) bond motifs is 1. The summed E-state index contributed by atoms with van der Waals surface area (Å²) in [6.45, 7) is 6.59. The second kappa shape index (κ2) is 16.5. The standard InChI is InChI=1S/C24H34N8O6Se/c1-33-9-11-37-15-13-35-7-5-31-17-21(25-29-31)19-3-4-20(24-23(19)27-39-28-24)22-18-32(30-26-22)6-8-36-14-16-38-12-10-34-2/h3-4,17-18H,5-16H2,1-2H3. The molecule has 15 heteroatoms. The van der Waals surface area contributed by atoms with E-state index >= 15 is 0 Å². The third-order valence-corrected chi connectivity index (χ3v) is 6.69.